The van der Waals surface area contributed by atoms with Crippen molar-refractivity contribution in [2.24, 2.45) is 5.92 Å². The van der Waals surface area contributed by atoms with Crippen LogP contribution in [-0.2, 0) is 18.3 Å². The van der Waals surface area contributed by atoms with Crippen molar-refractivity contribution in [3.05, 3.63) is 64.0 Å². The molecule has 0 radical (unpaired) electrons. The van der Waals surface area contributed by atoms with Gasteiger partial charge in [0.15, 0.2) is 17.6 Å². The molecule has 1 aromatic heterocycles. The van der Waals surface area contributed by atoms with E-state index in [1.807, 2.05) is 18.2 Å². The number of piperidine rings is 1. The molecule has 3 aliphatic carbocycles. The van der Waals surface area contributed by atoms with Crippen LogP contribution in [0.1, 0.15) is 47.8 Å². The van der Waals surface area contributed by atoms with Gasteiger partial charge in [-0.3, -0.25) is 0 Å². The smallest absolute Gasteiger partial charge is 0.166 e. The van der Waals surface area contributed by atoms with E-state index in [-0.39, 0.29) is 10.4 Å². The lowest BCUT2D eigenvalue weighted by atomic mass is 9.48. The number of fused-ring (bicyclic) bond motifs is 4. The van der Waals surface area contributed by atoms with Crippen molar-refractivity contribution < 1.29 is 19.6 Å². The molecule has 32 heavy (non-hydrogen) atoms. The molecule has 2 aromatic carbocycles. The minimum absolute atomic E-state index is 0.123. The molecule has 2 aliphatic heterocycles. The first-order chi connectivity index (χ1) is 15.4. The molecule has 6 heteroatoms. The Morgan fingerprint density at radius 3 is 2.88 bits per heavy atom. The van der Waals surface area contributed by atoms with Crippen LogP contribution in [0.3, 0.4) is 0 Å². The van der Waals surface area contributed by atoms with Gasteiger partial charge in [-0.2, -0.15) is 0 Å². The monoisotopic (exact) mass is 430 g/mol. The number of aliphatic hydroxyl groups is 1. The molecule has 2 fully saturated rings. The van der Waals surface area contributed by atoms with Crippen LogP contribution in [0.25, 0.3) is 10.9 Å². The molecule has 1 saturated carbocycles. The van der Waals surface area contributed by atoms with Crippen LogP contribution >= 0.6 is 0 Å². The van der Waals surface area contributed by atoms with Gasteiger partial charge in [-0.25, -0.2) is 0 Å². The molecule has 3 N–H and O–H groups in total. The second kappa shape index (κ2) is 5.33. The van der Waals surface area contributed by atoms with Gasteiger partial charge in [-0.15, -0.1) is 0 Å². The molecular formula is C26H26N2O4. The number of hydroxylamine groups is 3. The number of H-pyrrole nitrogens is 1. The normalized spacial score (nSPS) is 38.3. The van der Waals surface area contributed by atoms with Crippen molar-refractivity contribution >= 4 is 10.9 Å². The van der Waals surface area contributed by atoms with Gasteiger partial charge in [0.1, 0.15) is 11.6 Å². The third kappa shape index (κ3) is 1.83. The summed E-state index contributed by atoms with van der Waals surface area (Å²) in [4.78, 5) is 3.58. The van der Waals surface area contributed by atoms with E-state index in [9.17, 15) is 15.4 Å². The molecule has 3 heterocycles. The number of quaternary nitrogens is 1. The summed E-state index contributed by atoms with van der Waals surface area (Å²) in [7, 11) is 0. The number of aromatic amines is 1. The maximum Gasteiger partial charge on any atom is 0.166 e. The average molecular weight is 431 g/mol. The van der Waals surface area contributed by atoms with Crippen molar-refractivity contribution in [3.8, 4) is 11.5 Å². The lowest BCUT2D eigenvalue weighted by molar-refractivity contribution is -0.924. The van der Waals surface area contributed by atoms with E-state index in [2.05, 4.69) is 17.1 Å². The van der Waals surface area contributed by atoms with Crippen LogP contribution < -0.4 is 4.74 Å². The predicted molar refractivity (Wildman–Crippen MR) is 118 cm³/mol. The maximum atomic E-state index is 14.4. The SMILES string of the molecule is [O-][N+]1(CC2CC2)CC[C@]23c4c5ccc(O)c4O[C@H]2c2[nH]c4ccccc4c2C[C@@]3(O)[C@H]1C5. The Kier molecular flexibility index (Phi) is 2.99. The number of nitrogens with zero attached hydrogens (tertiary/aromatic N) is 1. The first kappa shape index (κ1) is 18.0. The minimum Gasteiger partial charge on any atom is -0.632 e. The van der Waals surface area contributed by atoms with Gasteiger partial charge in [0, 0.05) is 41.6 Å². The number of benzene rings is 2. The second-order valence-electron chi connectivity index (χ2n) is 10.9. The molecular weight excluding hydrogens is 404 g/mol. The third-order valence-electron chi connectivity index (χ3n) is 9.36. The van der Waals surface area contributed by atoms with Crippen LogP contribution in [0, 0.1) is 11.1 Å². The number of nitrogens with one attached hydrogen (secondary N) is 1. The van der Waals surface area contributed by atoms with Gasteiger partial charge >= 0.3 is 0 Å². The molecule has 2 bridgehead atoms. The van der Waals surface area contributed by atoms with Gasteiger partial charge in [0.2, 0.25) is 0 Å². The van der Waals surface area contributed by atoms with E-state index in [4.69, 9.17) is 4.74 Å². The first-order valence-electron chi connectivity index (χ1n) is 11.9. The van der Waals surface area contributed by atoms with Crippen molar-refractivity contribution in [2.45, 2.75) is 55.3 Å². The van der Waals surface area contributed by atoms with Gasteiger partial charge in [-0.05, 0) is 36.1 Å². The number of hydrogen-bond acceptors (Lipinski definition) is 4. The third-order valence-corrected chi connectivity index (χ3v) is 9.36. The number of aromatic nitrogens is 1. The maximum absolute atomic E-state index is 14.4. The Labute approximate surface area is 185 Å². The number of phenolic OH excluding ortho intramolecular Hbond substituents is 1. The van der Waals surface area contributed by atoms with E-state index in [0.29, 0.717) is 44.0 Å². The van der Waals surface area contributed by atoms with Gasteiger partial charge in [-0.1, -0.05) is 24.3 Å². The standard InChI is InChI=1S/C26H26N2O4/c29-19-8-7-15-11-20-26(30)12-17-16-3-1-2-4-18(16)27-22(17)24-25(26,21(15)23(19)32-24)9-10-28(20,31)13-14-5-6-14/h1-4,7-8,14,20,24,27,29-30H,5-6,9-13H2/t20-,24+,25+,26-,28?/m1/s1. The van der Waals surface area contributed by atoms with E-state index in [0.717, 1.165) is 46.1 Å². The number of likely N-dealkylation sites (tertiary alicyclic amines) is 1. The summed E-state index contributed by atoms with van der Waals surface area (Å²) in [5.41, 5.74) is 3.16. The fraction of sp³-hybridized carbons (Fsp3) is 0.462. The zero-order valence-electron chi connectivity index (χ0n) is 17.8. The molecule has 5 aliphatic rings. The van der Waals surface area contributed by atoms with Gasteiger partial charge in [0.05, 0.1) is 24.2 Å². The van der Waals surface area contributed by atoms with Crippen LogP contribution in [0.15, 0.2) is 36.4 Å². The lowest BCUT2D eigenvalue weighted by Crippen LogP contribution is -2.78. The molecule has 5 atom stereocenters. The molecule has 1 spiro atoms. The number of para-hydroxylation sites is 1. The average Bonchev–Trinajstić information content (AvgIpc) is 3.39. The quantitative estimate of drug-likeness (QED) is 0.428. The first-order valence-corrected chi connectivity index (χ1v) is 11.9. The van der Waals surface area contributed by atoms with Crippen LogP contribution in [0.2, 0.25) is 0 Å². The number of aromatic hydroxyl groups is 1. The summed E-state index contributed by atoms with van der Waals surface area (Å²) in [5, 5.41) is 38.9. The van der Waals surface area contributed by atoms with Crippen molar-refractivity contribution in [1.29, 1.82) is 0 Å². The lowest BCUT2D eigenvalue weighted by Gasteiger charge is -2.67. The second-order valence-corrected chi connectivity index (χ2v) is 10.9. The predicted octanol–water partition coefficient (Wildman–Crippen LogP) is 3.59. The highest BCUT2D eigenvalue weighted by Crippen LogP contribution is 2.69. The van der Waals surface area contributed by atoms with Crippen molar-refractivity contribution in [2.75, 3.05) is 13.1 Å². The Morgan fingerprint density at radius 1 is 1.19 bits per heavy atom. The van der Waals surface area contributed by atoms with Crippen molar-refractivity contribution in [1.82, 2.24) is 4.98 Å². The zero-order valence-corrected chi connectivity index (χ0v) is 17.8. The summed E-state index contributed by atoms with van der Waals surface area (Å²) < 4.78 is 6.24. The number of rotatable bonds is 2. The molecule has 3 aromatic rings. The van der Waals surface area contributed by atoms with Gasteiger partial charge < -0.3 is 29.8 Å². The van der Waals surface area contributed by atoms with Crippen LogP contribution in [0.4, 0.5) is 0 Å². The van der Waals surface area contributed by atoms with E-state index < -0.39 is 23.2 Å². The minimum atomic E-state index is -1.21. The van der Waals surface area contributed by atoms with E-state index >= 15 is 0 Å². The zero-order chi connectivity index (χ0) is 21.5. The number of ether oxygens (including phenoxy) is 1. The fourth-order valence-electron chi connectivity index (χ4n) is 7.85. The Balaban J connectivity index is 1.44. The Hall–Kier alpha value is -2.54. The highest BCUT2D eigenvalue weighted by Gasteiger charge is 2.75. The molecule has 1 saturated heterocycles. The molecule has 0 amide bonds. The fourth-order valence-corrected chi connectivity index (χ4v) is 7.85. The molecule has 1 unspecified atom stereocenters. The summed E-state index contributed by atoms with van der Waals surface area (Å²) in [6.45, 7) is 1.10. The summed E-state index contributed by atoms with van der Waals surface area (Å²) in [6, 6.07) is 11.4. The number of hydrogen-bond donors (Lipinski definition) is 3. The molecule has 164 valence electrons. The Morgan fingerprint density at radius 2 is 2.03 bits per heavy atom. The number of phenols is 1. The van der Waals surface area contributed by atoms with E-state index in [1.165, 1.54) is 0 Å². The summed E-state index contributed by atoms with van der Waals surface area (Å²) in [6.07, 6.45) is 3.38. The van der Waals surface area contributed by atoms with Gasteiger partial charge in [0.25, 0.3) is 0 Å². The Bertz CT molecular complexity index is 1330. The highest BCUT2D eigenvalue weighted by molar-refractivity contribution is 5.86. The molecule has 6 nitrogen and oxygen atoms in total. The van der Waals surface area contributed by atoms with Crippen LogP contribution in [-0.4, -0.2) is 44.6 Å². The summed E-state index contributed by atoms with van der Waals surface area (Å²) in [5.74, 6) is 1.12. The van der Waals surface area contributed by atoms with E-state index in [1.54, 1.807) is 6.07 Å². The van der Waals surface area contributed by atoms with Crippen molar-refractivity contribution in [3.63, 3.8) is 0 Å². The molecule has 8 rings (SSSR count). The van der Waals surface area contributed by atoms with Crippen LogP contribution in [0.5, 0.6) is 11.5 Å². The highest BCUT2D eigenvalue weighted by atomic mass is 16.6. The summed E-state index contributed by atoms with van der Waals surface area (Å²) >= 11 is 0. The topological polar surface area (TPSA) is 88.5 Å². The largest absolute Gasteiger partial charge is 0.632 e.